The van der Waals surface area contributed by atoms with Gasteiger partial charge in [0.1, 0.15) is 10.0 Å². The van der Waals surface area contributed by atoms with Crippen LogP contribution < -0.4 is 4.83 Å². The van der Waals surface area contributed by atoms with Crippen molar-refractivity contribution in [1.82, 2.24) is 14.8 Å². The van der Waals surface area contributed by atoms with Crippen molar-refractivity contribution in [2.75, 3.05) is 13.1 Å². The molecule has 1 aromatic heterocycles. The molecule has 0 saturated carbocycles. The Balaban J connectivity index is 2.21. The Hall–Kier alpha value is -0.210. The third kappa shape index (κ3) is 3.42. The Morgan fingerprint density at radius 3 is 2.67 bits per heavy atom. The molecular formula is C10H13BrClN3O2S. The van der Waals surface area contributed by atoms with Gasteiger partial charge in [0.2, 0.25) is 0 Å². The van der Waals surface area contributed by atoms with E-state index in [9.17, 15) is 8.42 Å². The average Bonchev–Trinajstić information content (AvgIpc) is 2.33. The molecule has 1 saturated heterocycles. The number of sulfonamides is 1. The van der Waals surface area contributed by atoms with Gasteiger partial charge >= 0.3 is 0 Å². The van der Waals surface area contributed by atoms with E-state index in [1.807, 2.05) is 0 Å². The van der Waals surface area contributed by atoms with Crippen LogP contribution in [0.25, 0.3) is 0 Å². The Kier molecular flexibility index (Phi) is 4.60. The van der Waals surface area contributed by atoms with E-state index in [-0.39, 0.29) is 10.0 Å². The van der Waals surface area contributed by atoms with Crippen LogP contribution in [-0.2, 0) is 10.0 Å². The summed E-state index contributed by atoms with van der Waals surface area (Å²) in [7, 11) is -3.66. The zero-order valence-corrected chi connectivity index (χ0v) is 12.7. The highest BCUT2D eigenvalue weighted by atomic mass is 79.9. The summed E-state index contributed by atoms with van der Waals surface area (Å²) in [5.74, 6) is 0. The van der Waals surface area contributed by atoms with Crippen LogP contribution in [0.15, 0.2) is 21.6 Å². The summed E-state index contributed by atoms with van der Waals surface area (Å²) in [6, 6.07) is 1.45. The van der Waals surface area contributed by atoms with Gasteiger partial charge in [-0.05, 0) is 34.8 Å². The monoisotopic (exact) mass is 353 g/mol. The van der Waals surface area contributed by atoms with Crippen LogP contribution in [0, 0.1) is 0 Å². The van der Waals surface area contributed by atoms with E-state index in [4.69, 9.17) is 11.6 Å². The molecule has 1 N–H and O–H groups in total. The summed E-state index contributed by atoms with van der Waals surface area (Å²) < 4.78 is 24.9. The predicted octanol–water partition coefficient (Wildman–Crippen LogP) is 2.18. The summed E-state index contributed by atoms with van der Waals surface area (Å²) in [4.78, 5) is 6.35. The zero-order valence-electron chi connectivity index (χ0n) is 9.57. The number of hydrogen-bond acceptors (Lipinski definition) is 4. The number of rotatable bonds is 3. The van der Waals surface area contributed by atoms with Gasteiger partial charge in [0.05, 0.1) is 0 Å². The molecule has 5 nitrogen and oxygen atoms in total. The summed E-state index contributed by atoms with van der Waals surface area (Å²) in [5, 5.41) is 1.68. The quantitative estimate of drug-likeness (QED) is 0.845. The molecule has 8 heteroatoms. The highest BCUT2D eigenvalue weighted by Crippen LogP contribution is 2.23. The summed E-state index contributed by atoms with van der Waals surface area (Å²) in [6.45, 7) is 1.44. The molecule has 2 rings (SSSR count). The van der Waals surface area contributed by atoms with E-state index in [0.29, 0.717) is 4.47 Å². The highest BCUT2D eigenvalue weighted by Gasteiger charge is 2.23. The third-order valence-corrected chi connectivity index (χ3v) is 4.90. The second-order valence-corrected chi connectivity index (χ2v) is 6.99. The first-order valence-corrected chi connectivity index (χ1v) is 8.23. The van der Waals surface area contributed by atoms with Gasteiger partial charge in [-0.1, -0.05) is 18.0 Å². The lowest BCUT2D eigenvalue weighted by atomic mass is 10.2. The highest BCUT2D eigenvalue weighted by molar-refractivity contribution is 9.10. The molecule has 0 spiro atoms. The molecule has 1 fully saturated rings. The molecule has 0 amide bonds. The standard InChI is InChI=1S/C10H13BrClN3O2S/c11-8-6-9(10(12)13-7-8)18(16,17)14-15-4-2-1-3-5-15/h6-7,14H,1-5H2. The van der Waals surface area contributed by atoms with E-state index >= 15 is 0 Å². The van der Waals surface area contributed by atoms with Crippen molar-refractivity contribution in [2.24, 2.45) is 0 Å². The van der Waals surface area contributed by atoms with Crippen LogP contribution in [0.4, 0.5) is 0 Å². The minimum Gasteiger partial charge on any atom is -0.242 e. The van der Waals surface area contributed by atoms with Crippen LogP contribution >= 0.6 is 27.5 Å². The van der Waals surface area contributed by atoms with Crippen molar-refractivity contribution in [2.45, 2.75) is 24.2 Å². The predicted molar refractivity (Wildman–Crippen MR) is 72.7 cm³/mol. The van der Waals surface area contributed by atoms with Crippen LogP contribution in [-0.4, -0.2) is 31.5 Å². The van der Waals surface area contributed by atoms with E-state index in [1.165, 1.54) is 12.3 Å². The molecule has 0 aromatic carbocycles. The maximum atomic E-state index is 12.2. The maximum absolute atomic E-state index is 12.2. The largest absolute Gasteiger partial charge is 0.256 e. The van der Waals surface area contributed by atoms with Crippen LogP contribution in [0.5, 0.6) is 0 Å². The Morgan fingerprint density at radius 2 is 2.00 bits per heavy atom. The number of halogens is 2. The third-order valence-electron chi connectivity index (χ3n) is 2.67. The maximum Gasteiger partial charge on any atom is 0.256 e. The van der Waals surface area contributed by atoms with Gasteiger partial charge in [0, 0.05) is 23.8 Å². The number of aromatic nitrogens is 1. The molecule has 100 valence electrons. The molecule has 2 heterocycles. The van der Waals surface area contributed by atoms with E-state index < -0.39 is 10.0 Å². The van der Waals surface area contributed by atoms with Gasteiger partial charge in [0.25, 0.3) is 10.0 Å². The Labute approximate surface area is 120 Å². The van der Waals surface area contributed by atoms with E-state index in [1.54, 1.807) is 5.01 Å². The van der Waals surface area contributed by atoms with Crippen LogP contribution in [0.2, 0.25) is 5.15 Å². The average molecular weight is 355 g/mol. The van der Waals surface area contributed by atoms with Gasteiger partial charge in [-0.3, -0.25) is 0 Å². The molecule has 0 unspecified atom stereocenters. The lowest BCUT2D eigenvalue weighted by Gasteiger charge is -2.26. The van der Waals surface area contributed by atoms with Gasteiger partial charge in [-0.25, -0.2) is 18.4 Å². The van der Waals surface area contributed by atoms with Crippen LogP contribution in [0.3, 0.4) is 0 Å². The summed E-state index contributed by atoms with van der Waals surface area (Å²) in [5.41, 5.74) is 0. The smallest absolute Gasteiger partial charge is 0.242 e. The van der Waals surface area contributed by atoms with Crippen molar-refractivity contribution in [1.29, 1.82) is 0 Å². The van der Waals surface area contributed by atoms with Crippen molar-refractivity contribution >= 4 is 37.6 Å². The number of pyridine rings is 1. The first kappa shape index (κ1) is 14.2. The lowest BCUT2D eigenvalue weighted by Crippen LogP contribution is -2.45. The van der Waals surface area contributed by atoms with Crippen molar-refractivity contribution in [3.8, 4) is 0 Å². The van der Waals surface area contributed by atoms with E-state index in [2.05, 4.69) is 25.7 Å². The van der Waals surface area contributed by atoms with Gasteiger partial charge in [0.15, 0.2) is 0 Å². The second-order valence-electron chi connectivity index (χ2n) is 4.08. The van der Waals surface area contributed by atoms with Gasteiger partial charge in [-0.2, -0.15) is 0 Å². The fourth-order valence-corrected chi connectivity index (χ4v) is 3.87. The Morgan fingerprint density at radius 1 is 1.33 bits per heavy atom. The normalized spacial score (nSPS) is 17.9. The molecule has 1 aliphatic heterocycles. The number of hydrazine groups is 1. The molecular weight excluding hydrogens is 342 g/mol. The minimum atomic E-state index is -3.66. The molecule has 0 aliphatic carbocycles. The SMILES string of the molecule is O=S(=O)(NN1CCCCC1)c1cc(Br)cnc1Cl. The topological polar surface area (TPSA) is 62.3 Å². The number of piperidine rings is 1. The first-order chi connectivity index (χ1) is 8.49. The first-order valence-electron chi connectivity index (χ1n) is 5.57. The van der Waals surface area contributed by atoms with Crippen molar-refractivity contribution < 1.29 is 8.42 Å². The molecule has 0 atom stereocenters. The molecule has 0 bridgehead atoms. The number of nitrogens with one attached hydrogen (secondary N) is 1. The van der Waals surface area contributed by atoms with Crippen molar-refractivity contribution in [3.05, 3.63) is 21.9 Å². The lowest BCUT2D eigenvalue weighted by molar-refractivity contribution is 0.200. The Bertz CT molecular complexity index is 532. The van der Waals surface area contributed by atoms with Crippen LogP contribution in [0.1, 0.15) is 19.3 Å². The van der Waals surface area contributed by atoms with E-state index in [0.717, 1.165) is 32.4 Å². The molecule has 1 aliphatic rings. The summed E-state index contributed by atoms with van der Waals surface area (Å²) in [6.07, 6.45) is 4.58. The second kappa shape index (κ2) is 5.83. The fraction of sp³-hybridized carbons (Fsp3) is 0.500. The molecule has 18 heavy (non-hydrogen) atoms. The van der Waals surface area contributed by atoms with Gasteiger partial charge in [-0.15, -0.1) is 4.83 Å². The summed E-state index contributed by atoms with van der Waals surface area (Å²) >= 11 is 9.02. The van der Waals surface area contributed by atoms with Gasteiger partial charge < -0.3 is 0 Å². The van der Waals surface area contributed by atoms with Crippen molar-refractivity contribution in [3.63, 3.8) is 0 Å². The number of hydrogen-bond donors (Lipinski definition) is 1. The fourth-order valence-electron chi connectivity index (χ4n) is 1.80. The minimum absolute atomic E-state index is 0.0101. The zero-order chi connectivity index (χ0) is 13.2. The molecule has 1 aromatic rings. The number of nitrogens with zero attached hydrogens (tertiary/aromatic N) is 2. The molecule has 0 radical (unpaired) electrons.